The SMILES string of the molecule is COc1cc2c(cc1C(C)(C)C)C(C)(C)CC21CC(C)(C)c2cc(C3(C(C)C(C)(C)c4ccc(-c5ccc(-c6ccc(C7(C(C)(C)C)CC[N+](C)(C)CC7)cc6)cc5)cc4)CC[N+](C)(CCCCS(=O)(=O)O)CC3)c(OC)cc21. The third-order valence-corrected chi connectivity index (χ3v) is 22.6. The normalized spacial score (nSPS) is 24.7. The predicted octanol–water partition coefficient (Wildman–Crippen LogP) is 15.9. The van der Waals surface area contributed by atoms with Crippen molar-refractivity contribution in [3.05, 3.63) is 142 Å². The molecule has 0 aromatic heterocycles. The van der Waals surface area contributed by atoms with Crippen LogP contribution in [0.2, 0.25) is 0 Å². The van der Waals surface area contributed by atoms with Crippen LogP contribution in [-0.2, 0) is 48.0 Å². The van der Waals surface area contributed by atoms with E-state index in [-0.39, 0.29) is 55.0 Å². The summed E-state index contributed by atoms with van der Waals surface area (Å²) in [6.07, 6.45) is 7.62. The maximum absolute atomic E-state index is 11.7. The van der Waals surface area contributed by atoms with Gasteiger partial charge in [-0.05, 0) is 132 Å². The van der Waals surface area contributed by atoms with E-state index in [0.29, 0.717) is 6.42 Å². The van der Waals surface area contributed by atoms with Gasteiger partial charge in [0.1, 0.15) is 11.5 Å². The summed E-state index contributed by atoms with van der Waals surface area (Å²) in [4.78, 5) is 0. The van der Waals surface area contributed by atoms with Crippen molar-refractivity contribution in [2.75, 3.05) is 73.8 Å². The fourth-order valence-electron chi connectivity index (χ4n) is 16.4. The average Bonchev–Trinajstić information content (AvgIpc) is 2.49. The molecule has 0 radical (unpaired) electrons. The Balaban J connectivity index is 1.05. The van der Waals surface area contributed by atoms with Crippen LogP contribution < -0.4 is 9.47 Å². The van der Waals surface area contributed by atoms with Crippen LogP contribution in [0.15, 0.2) is 97.1 Å². The molecule has 2 unspecified atom stereocenters. The number of piperidine rings is 2. The fourth-order valence-corrected chi connectivity index (χ4v) is 16.9. The second-order valence-corrected chi connectivity index (χ2v) is 32.1. The highest BCUT2D eigenvalue weighted by Gasteiger charge is 2.59. The summed E-state index contributed by atoms with van der Waals surface area (Å²) in [7, 11) is 6.81. The first-order valence-electron chi connectivity index (χ1n) is 30.0. The number of fused-ring (bicyclic) bond motifs is 4. The molecule has 8 heteroatoms. The van der Waals surface area contributed by atoms with Gasteiger partial charge >= 0.3 is 0 Å². The topological polar surface area (TPSA) is 72.8 Å². The van der Waals surface area contributed by atoms with Crippen LogP contribution >= 0.6 is 0 Å². The molecule has 2 aliphatic heterocycles. The number of nitrogens with zero attached hydrogens (tertiary/aromatic N) is 2. The second-order valence-electron chi connectivity index (χ2n) is 30.5. The Kier molecular flexibility index (Phi) is 15.1. The molecule has 9 rings (SSSR count). The fraction of sp³-hybridized carbons (Fsp3) is 0.577. The smallest absolute Gasteiger partial charge is 0.264 e. The van der Waals surface area contributed by atoms with Crippen LogP contribution in [0, 0.1) is 11.3 Å². The van der Waals surface area contributed by atoms with Crippen molar-refractivity contribution in [2.24, 2.45) is 11.3 Å². The van der Waals surface area contributed by atoms with Crippen LogP contribution in [0.25, 0.3) is 22.3 Å². The van der Waals surface area contributed by atoms with Crippen molar-refractivity contribution < 1.29 is 31.4 Å². The van der Waals surface area contributed by atoms with E-state index in [1.54, 1.807) is 0 Å². The molecule has 1 N–H and O–H groups in total. The van der Waals surface area contributed by atoms with Gasteiger partial charge in [-0.2, -0.15) is 8.42 Å². The van der Waals surface area contributed by atoms with Crippen LogP contribution in [0.4, 0.5) is 0 Å². The summed E-state index contributed by atoms with van der Waals surface area (Å²) in [5.74, 6) is 1.99. The van der Waals surface area contributed by atoms with E-state index >= 15 is 0 Å². The molecular weight excluding hydrogens is 993 g/mol. The maximum atomic E-state index is 11.7. The molecule has 2 fully saturated rings. The zero-order valence-electron chi connectivity index (χ0n) is 52.1. The Morgan fingerprint density at radius 3 is 1.49 bits per heavy atom. The van der Waals surface area contributed by atoms with Crippen molar-refractivity contribution in [3.63, 3.8) is 0 Å². The molecule has 4 aliphatic rings. The number of unbranched alkanes of at least 4 members (excludes halogenated alkanes) is 1. The standard InChI is InChI=1S/C71H99N2O5S/c1-49(68(12,13)54-29-25-52(26-30-54)50-21-23-51(24-22-50)53-27-31-55(32-28-53)71(65(5,6)7)35-38-72(14,15)39-36-71)69(33-40-73(16,41-34-69)37-19-20-42-79(74,75)76)61-44-57-59(46-63(61)78-18)70(48-67(57,10)11)47-66(8,9)56-43-60(64(2,3)4)62(77-17)45-58(56)70/h21-32,43-46,49H,19-20,33-42,47-48H2,1-18H3/q+1/p+1. The Morgan fingerprint density at radius 1 is 0.582 bits per heavy atom. The summed E-state index contributed by atoms with van der Waals surface area (Å²) < 4.78 is 47.9. The minimum atomic E-state index is -3.99. The van der Waals surface area contributed by atoms with Gasteiger partial charge in [0, 0.05) is 47.5 Å². The van der Waals surface area contributed by atoms with E-state index in [4.69, 9.17) is 9.47 Å². The molecule has 0 amide bonds. The van der Waals surface area contributed by atoms with Crippen molar-refractivity contribution in [3.8, 4) is 33.8 Å². The van der Waals surface area contributed by atoms with Crippen LogP contribution in [0.1, 0.15) is 186 Å². The van der Waals surface area contributed by atoms with Gasteiger partial charge in [-0.25, -0.2) is 0 Å². The van der Waals surface area contributed by atoms with Gasteiger partial charge in [0.05, 0.1) is 73.8 Å². The van der Waals surface area contributed by atoms with E-state index in [9.17, 15) is 13.0 Å². The first-order chi connectivity index (χ1) is 36.6. The summed E-state index contributed by atoms with van der Waals surface area (Å²) >= 11 is 0. The van der Waals surface area contributed by atoms with E-state index in [2.05, 4.69) is 208 Å². The molecule has 5 aromatic carbocycles. The maximum Gasteiger partial charge on any atom is 0.264 e. The number of likely N-dealkylation sites (tertiary alicyclic amines) is 2. The quantitative estimate of drug-likeness (QED) is 0.0681. The zero-order chi connectivity index (χ0) is 57.8. The highest BCUT2D eigenvalue weighted by atomic mass is 32.2. The predicted molar refractivity (Wildman–Crippen MR) is 330 cm³/mol. The Hall–Kier alpha value is -4.47. The van der Waals surface area contributed by atoms with Crippen molar-refractivity contribution >= 4 is 10.1 Å². The van der Waals surface area contributed by atoms with E-state index in [1.165, 1.54) is 92.7 Å². The molecule has 7 nitrogen and oxygen atoms in total. The molecule has 0 bridgehead atoms. The molecule has 1 spiro atoms. The van der Waals surface area contributed by atoms with Gasteiger partial charge in [0.25, 0.3) is 10.1 Å². The minimum Gasteiger partial charge on any atom is -0.496 e. The van der Waals surface area contributed by atoms with E-state index in [1.807, 2.05) is 14.2 Å². The number of quaternary nitrogens is 2. The minimum absolute atomic E-state index is 0.0355. The molecule has 2 aliphatic carbocycles. The van der Waals surface area contributed by atoms with Gasteiger partial charge in [0.2, 0.25) is 0 Å². The van der Waals surface area contributed by atoms with Crippen molar-refractivity contribution in [1.29, 1.82) is 0 Å². The summed E-state index contributed by atoms with van der Waals surface area (Å²) in [6, 6.07) is 38.1. The summed E-state index contributed by atoms with van der Waals surface area (Å²) in [5, 5.41) is 0. The highest BCUT2D eigenvalue weighted by Crippen LogP contribution is 2.66. The lowest BCUT2D eigenvalue weighted by Gasteiger charge is -2.53. The Morgan fingerprint density at radius 2 is 1.04 bits per heavy atom. The number of rotatable bonds is 14. The van der Waals surface area contributed by atoms with Crippen LogP contribution in [0.5, 0.6) is 11.5 Å². The molecule has 5 aromatic rings. The summed E-state index contributed by atoms with van der Waals surface area (Å²) in [5.41, 5.74) is 15.5. The Bertz CT molecular complexity index is 3150. The zero-order valence-corrected chi connectivity index (χ0v) is 52.9. The molecule has 2 heterocycles. The molecule has 0 saturated carbocycles. The number of hydrogen-bond acceptors (Lipinski definition) is 4. The number of ether oxygens (including phenoxy) is 2. The van der Waals surface area contributed by atoms with E-state index in [0.717, 1.165) is 72.2 Å². The van der Waals surface area contributed by atoms with Gasteiger partial charge in [-0.1, -0.05) is 175 Å². The molecule has 428 valence electrons. The van der Waals surface area contributed by atoms with Crippen LogP contribution in [-0.4, -0.2) is 95.8 Å². The monoisotopic (exact) mass is 1090 g/mol. The molecular formula is C71H100N2O5S+2. The molecule has 2 saturated heterocycles. The lowest BCUT2D eigenvalue weighted by Crippen LogP contribution is -2.58. The third-order valence-electron chi connectivity index (χ3n) is 21.8. The number of hydrogen-bond donors (Lipinski definition) is 1. The van der Waals surface area contributed by atoms with Gasteiger partial charge in [-0.15, -0.1) is 0 Å². The average molecular weight is 1090 g/mol. The van der Waals surface area contributed by atoms with Crippen molar-refractivity contribution in [1.82, 2.24) is 0 Å². The van der Waals surface area contributed by atoms with Crippen molar-refractivity contribution in [2.45, 2.75) is 179 Å². The number of benzene rings is 5. The van der Waals surface area contributed by atoms with E-state index < -0.39 is 10.1 Å². The van der Waals surface area contributed by atoms with Gasteiger partial charge < -0.3 is 18.4 Å². The third kappa shape index (κ3) is 10.7. The lowest BCUT2D eigenvalue weighted by atomic mass is 9.55. The highest BCUT2D eigenvalue weighted by molar-refractivity contribution is 7.85. The molecule has 2 atom stereocenters. The van der Waals surface area contributed by atoms with Gasteiger partial charge in [-0.3, -0.25) is 4.55 Å². The first kappa shape index (κ1) is 59.2. The van der Waals surface area contributed by atoms with Gasteiger partial charge in [0.15, 0.2) is 0 Å². The summed E-state index contributed by atoms with van der Waals surface area (Å²) in [6.45, 7) is 36.6. The first-order valence-corrected chi connectivity index (χ1v) is 31.6. The molecule has 79 heavy (non-hydrogen) atoms. The number of methoxy groups -OCH3 is 2. The largest absolute Gasteiger partial charge is 0.496 e. The Labute approximate surface area is 478 Å². The lowest BCUT2D eigenvalue weighted by molar-refractivity contribution is -0.916. The second kappa shape index (κ2) is 20.2. The van der Waals surface area contributed by atoms with Crippen LogP contribution in [0.3, 0.4) is 0 Å².